The highest BCUT2D eigenvalue weighted by Gasteiger charge is 2.33. The Kier molecular flexibility index (Phi) is 8.39. The number of carbonyl (C=O) groups is 2. The predicted molar refractivity (Wildman–Crippen MR) is 127 cm³/mol. The molecule has 2 N–H and O–H groups in total. The van der Waals surface area contributed by atoms with Crippen LogP contribution in [0.3, 0.4) is 0 Å². The Morgan fingerprint density at radius 2 is 1.59 bits per heavy atom. The first-order chi connectivity index (χ1) is 16.3. The summed E-state index contributed by atoms with van der Waals surface area (Å²) in [6.07, 6.45) is -0.198. The van der Waals surface area contributed by atoms with Crippen molar-refractivity contribution in [1.29, 1.82) is 0 Å². The van der Waals surface area contributed by atoms with E-state index in [1.165, 1.54) is 31.4 Å². The maximum absolute atomic E-state index is 12.9. The summed E-state index contributed by atoms with van der Waals surface area (Å²) in [5, 5.41) is 10.5. The Morgan fingerprint density at radius 1 is 0.941 bits per heavy atom. The molecule has 34 heavy (non-hydrogen) atoms. The molecule has 0 heterocycles. The second-order valence-corrected chi connectivity index (χ2v) is 9.51. The van der Waals surface area contributed by atoms with Crippen LogP contribution in [0.4, 0.5) is 5.69 Å². The number of carboxylic acid groups (broad SMARTS) is 1. The van der Waals surface area contributed by atoms with Gasteiger partial charge in [-0.15, -0.1) is 0 Å². The van der Waals surface area contributed by atoms with Crippen molar-refractivity contribution in [2.75, 3.05) is 19.0 Å². The summed E-state index contributed by atoms with van der Waals surface area (Å²) >= 11 is 0. The van der Waals surface area contributed by atoms with Crippen molar-refractivity contribution < 1.29 is 32.6 Å². The van der Waals surface area contributed by atoms with Gasteiger partial charge >= 0.3 is 5.97 Å². The summed E-state index contributed by atoms with van der Waals surface area (Å²) in [6.45, 7) is 0.228. The molecule has 0 fully saturated rings. The van der Waals surface area contributed by atoms with Crippen molar-refractivity contribution in [2.45, 2.75) is 23.2 Å². The SMILES string of the molecule is COc1ccccc1C(=O)Nc1ccc(S(=O)(=O)C(CCOCc2ccccc2)C(=O)O)cc1. The molecule has 0 aromatic heterocycles. The van der Waals surface area contributed by atoms with Crippen LogP contribution in [0.15, 0.2) is 83.8 Å². The quantitative estimate of drug-likeness (QED) is 0.398. The second kappa shape index (κ2) is 11.4. The molecule has 0 radical (unpaired) electrons. The molecule has 0 saturated heterocycles. The first-order valence-electron chi connectivity index (χ1n) is 10.5. The van der Waals surface area contributed by atoms with Crippen molar-refractivity contribution in [3.8, 4) is 5.75 Å². The Hall–Kier alpha value is -3.69. The average Bonchev–Trinajstić information content (AvgIpc) is 2.84. The van der Waals surface area contributed by atoms with Crippen LogP contribution in [0.5, 0.6) is 5.75 Å². The van der Waals surface area contributed by atoms with E-state index in [0.717, 1.165) is 5.56 Å². The molecule has 1 amide bonds. The smallest absolute Gasteiger partial charge is 0.322 e. The van der Waals surface area contributed by atoms with Gasteiger partial charge in [-0.3, -0.25) is 9.59 Å². The molecule has 3 aromatic rings. The van der Waals surface area contributed by atoms with Crippen LogP contribution in [0.1, 0.15) is 22.3 Å². The zero-order valence-electron chi connectivity index (χ0n) is 18.5. The van der Waals surface area contributed by atoms with E-state index in [-0.39, 0.29) is 24.5 Å². The van der Waals surface area contributed by atoms with Crippen LogP contribution in [-0.2, 0) is 26.0 Å². The van der Waals surface area contributed by atoms with Crippen LogP contribution in [-0.4, -0.2) is 44.4 Å². The van der Waals surface area contributed by atoms with Crippen LogP contribution in [0.2, 0.25) is 0 Å². The van der Waals surface area contributed by atoms with E-state index >= 15 is 0 Å². The van der Waals surface area contributed by atoms with E-state index in [1.807, 2.05) is 30.3 Å². The van der Waals surface area contributed by atoms with Crippen LogP contribution in [0, 0.1) is 0 Å². The molecular weight excluding hydrogens is 458 g/mol. The molecule has 3 rings (SSSR count). The minimum Gasteiger partial charge on any atom is -0.496 e. The number of para-hydroxylation sites is 1. The fraction of sp³-hybridized carbons (Fsp3) is 0.200. The lowest BCUT2D eigenvalue weighted by Gasteiger charge is -2.15. The Labute approximate surface area is 198 Å². The molecule has 9 heteroatoms. The molecule has 0 saturated carbocycles. The highest BCUT2D eigenvalue weighted by Crippen LogP contribution is 2.23. The number of amides is 1. The number of rotatable bonds is 11. The van der Waals surface area contributed by atoms with Crippen LogP contribution in [0.25, 0.3) is 0 Å². The topological polar surface area (TPSA) is 119 Å². The maximum atomic E-state index is 12.9. The number of nitrogens with one attached hydrogen (secondary N) is 1. The summed E-state index contributed by atoms with van der Waals surface area (Å²) in [4.78, 5) is 24.1. The van der Waals surface area contributed by atoms with Gasteiger partial charge in [-0.1, -0.05) is 42.5 Å². The van der Waals surface area contributed by atoms with Gasteiger partial charge in [0.25, 0.3) is 5.91 Å². The highest BCUT2D eigenvalue weighted by atomic mass is 32.2. The van der Waals surface area contributed by atoms with Gasteiger partial charge in [-0.25, -0.2) is 8.42 Å². The summed E-state index contributed by atoms with van der Waals surface area (Å²) in [5.41, 5.74) is 1.58. The molecule has 0 aliphatic heterocycles. The van der Waals surface area contributed by atoms with Gasteiger partial charge in [0.1, 0.15) is 5.75 Å². The van der Waals surface area contributed by atoms with Gasteiger partial charge in [-0.2, -0.15) is 0 Å². The fourth-order valence-electron chi connectivity index (χ4n) is 3.29. The average molecular weight is 484 g/mol. The van der Waals surface area contributed by atoms with E-state index < -0.39 is 27.0 Å². The third kappa shape index (κ3) is 6.21. The Balaban J connectivity index is 1.65. The molecule has 0 bridgehead atoms. The van der Waals surface area contributed by atoms with Crippen LogP contribution < -0.4 is 10.1 Å². The predicted octanol–water partition coefficient (Wildman–Crippen LogP) is 3.78. The second-order valence-electron chi connectivity index (χ2n) is 7.38. The first kappa shape index (κ1) is 24.9. The summed E-state index contributed by atoms with van der Waals surface area (Å²) in [7, 11) is -2.71. The van der Waals surface area contributed by atoms with E-state index in [4.69, 9.17) is 9.47 Å². The number of aliphatic carboxylic acids is 1. The molecular formula is C25H25NO7S. The van der Waals surface area contributed by atoms with Crippen molar-refractivity contribution in [3.63, 3.8) is 0 Å². The van der Waals surface area contributed by atoms with Gasteiger partial charge in [0.2, 0.25) is 0 Å². The molecule has 0 spiro atoms. The minimum atomic E-state index is -4.17. The van der Waals surface area contributed by atoms with Crippen molar-refractivity contribution in [2.24, 2.45) is 0 Å². The normalized spacial score (nSPS) is 12.0. The molecule has 3 aromatic carbocycles. The van der Waals surface area contributed by atoms with Crippen LogP contribution >= 0.6 is 0 Å². The summed E-state index contributed by atoms with van der Waals surface area (Å²) < 4.78 is 36.5. The van der Waals surface area contributed by atoms with E-state index in [1.54, 1.807) is 24.3 Å². The van der Waals surface area contributed by atoms with Crippen molar-refractivity contribution in [1.82, 2.24) is 0 Å². The van der Waals surface area contributed by atoms with Crippen molar-refractivity contribution >= 4 is 27.4 Å². The standard InChI is InChI=1S/C25H25NO7S/c1-32-22-10-6-5-9-21(22)24(27)26-19-11-13-20(14-12-19)34(30,31)23(25(28)29)15-16-33-17-18-7-3-2-4-8-18/h2-14,23H,15-17H2,1H3,(H,26,27)(H,28,29). The monoisotopic (exact) mass is 483 g/mol. The summed E-state index contributed by atoms with van der Waals surface area (Å²) in [5.74, 6) is -1.47. The number of sulfone groups is 1. The number of hydrogen-bond donors (Lipinski definition) is 2. The van der Waals surface area contributed by atoms with Gasteiger partial charge in [-0.05, 0) is 48.4 Å². The lowest BCUT2D eigenvalue weighted by molar-refractivity contribution is -0.136. The third-order valence-corrected chi connectivity index (χ3v) is 7.19. The molecule has 0 aliphatic carbocycles. The molecule has 178 valence electrons. The highest BCUT2D eigenvalue weighted by molar-refractivity contribution is 7.92. The number of ether oxygens (including phenoxy) is 2. The molecule has 1 unspecified atom stereocenters. The number of carboxylic acids is 1. The number of hydrogen-bond acceptors (Lipinski definition) is 6. The lowest BCUT2D eigenvalue weighted by Crippen LogP contribution is -2.31. The zero-order valence-corrected chi connectivity index (χ0v) is 19.3. The third-order valence-electron chi connectivity index (χ3n) is 5.08. The van der Waals surface area contributed by atoms with E-state index in [2.05, 4.69) is 5.32 Å². The molecule has 0 aliphatic rings. The number of methoxy groups -OCH3 is 1. The number of benzene rings is 3. The van der Waals surface area contributed by atoms with Gasteiger partial charge in [0.05, 0.1) is 24.2 Å². The van der Waals surface area contributed by atoms with Gasteiger partial charge in [0.15, 0.2) is 15.1 Å². The number of carbonyl (C=O) groups excluding carboxylic acids is 1. The van der Waals surface area contributed by atoms with Gasteiger partial charge < -0.3 is 19.9 Å². The fourth-order valence-corrected chi connectivity index (χ4v) is 4.80. The zero-order chi connectivity index (χ0) is 24.6. The van der Waals surface area contributed by atoms with E-state index in [9.17, 15) is 23.1 Å². The molecule has 1 atom stereocenters. The minimum absolute atomic E-state index is 0.0296. The number of anilines is 1. The summed E-state index contributed by atoms with van der Waals surface area (Å²) in [6, 6.07) is 21.3. The molecule has 8 nitrogen and oxygen atoms in total. The first-order valence-corrected chi connectivity index (χ1v) is 12.0. The Morgan fingerprint density at radius 3 is 2.24 bits per heavy atom. The van der Waals surface area contributed by atoms with Gasteiger partial charge in [0, 0.05) is 12.3 Å². The Bertz CT molecular complexity index is 1230. The largest absolute Gasteiger partial charge is 0.496 e. The van der Waals surface area contributed by atoms with Crippen molar-refractivity contribution in [3.05, 3.63) is 90.0 Å². The lowest BCUT2D eigenvalue weighted by atomic mass is 10.2. The van der Waals surface area contributed by atoms with E-state index in [0.29, 0.717) is 17.0 Å². The maximum Gasteiger partial charge on any atom is 0.322 e.